The number of hydrogen-bond donors (Lipinski definition) is 1. The van der Waals surface area contributed by atoms with Crippen molar-refractivity contribution in [3.05, 3.63) is 35.7 Å². The third-order valence-corrected chi connectivity index (χ3v) is 2.93. The number of nitrogens with two attached hydrogens (primary N) is 1. The molecule has 0 saturated carbocycles. The van der Waals surface area contributed by atoms with Crippen molar-refractivity contribution in [3.8, 4) is 17.0 Å². The van der Waals surface area contributed by atoms with E-state index < -0.39 is 0 Å². The van der Waals surface area contributed by atoms with E-state index in [4.69, 9.17) is 10.5 Å². The summed E-state index contributed by atoms with van der Waals surface area (Å²) in [6, 6.07) is 7.78. The van der Waals surface area contributed by atoms with Crippen molar-refractivity contribution in [1.82, 2.24) is 9.97 Å². The minimum atomic E-state index is 0.463. The van der Waals surface area contributed by atoms with Crippen LogP contribution in [0.3, 0.4) is 0 Å². The lowest BCUT2D eigenvalue weighted by atomic mass is 10.1. The SMILES string of the molecule is CCCOc1ccc(-c2nc(C)c(C)nc2N)cc1. The molecule has 0 unspecified atom stereocenters. The fraction of sp³-hybridized carbons (Fsp3) is 0.333. The first kappa shape index (κ1) is 13.3. The molecule has 4 nitrogen and oxygen atoms in total. The lowest BCUT2D eigenvalue weighted by Crippen LogP contribution is -2.02. The maximum absolute atomic E-state index is 5.94. The Hall–Kier alpha value is -2.10. The molecular weight excluding hydrogens is 238 g/mol. The van der Waals surface area contributed by atoms with E-state index in [2.05, 4.69) is 16.9 Å². The van der Waals surface area contributed by atoms with Crippen molar-refractivity contribution in [3.63, 3.8) is 0 Å². The summed E-state index contributed by atoms with van der Waals surface area (Å²) in [5, 5.41) is 0. The highest BCUT2D eigenvalue weighted by Gasteiger charge is 2.08. The molecule has 100 valence electrons. The maximum atomic E-state index is 5.94. The fourth-order valence-electron chi connectivity index (χ4n) is 1.76. The van der Waals surface area contributed by atoms with Gasteiger partial charge < -0.3 is 10.5 Å². The first-order valence-corrected chi connectivity index (χ1v) is 6.45. The van der Waals surface area contributed by atoms with Gasteiger partial charge in [0.2, 0.25) is 0 Å². The van der Waals surface area contributed by atoms with Crippen LogP contribution in [-0.2, 0) is 0 Å². The van der Waals surface area contributed by atoms with Crippen LogP contribution < -0.4 is 10.5 Å². The van der Waals surface area contributed by atoms with Crippen LogP contribution in [-0.4, -0.2) is 16.6 Å². The monoisotopic (exact) mass is 257 g/mol. The van der Waals surface area contributed by atoms with Gasteiger partial charge in [0.05, 0.1) is 18.0 Å². The first-order valence-electron chi connectivity index (χ1n) is 6.45. The number of aromatic nitrogens is 2. The minimum absolute atomic E-state index is 0.463. The molecule has 0 aliphatic heterocycles. The zero-order chi connectivity index (χ0) is 13.8. The van der Waals surface area contributed by atoms with Crippen LogP contribution in [0.5, 0.6) is 5.75 Å². The average Bonchev–Trinajstić information content (AvgIpc) is 2.41. The predicted molar refractivity (Wildman–Crippen MR) is 77.1 cm³/mol. The van der Waals surface area contributed by atoms with Crippen molar-refractivity contribution < 1.29 is 4.74 Å². The maximum Gasteiger partial charge on any atom is 0.150 e. The second-order valence-electron chi connectivity index (χ2n) is 4.50. The number of aryl methyl sites for hydroxylation is 2. The zero-order valence-electron chi connectivity index (χ0n) is 11.6. The van der Waals surface area contributed by atoms with Crippen LogP contribution in [0.15, 0.2) is 24.3 Å². The summed E-state index contributed by atoms with van der Waals surface area (Å²) in [6.45, 7) is 6.65. The Morgan fingerprint density at radius 1 is 1.05 bits per heavy atom. The summed E-state index contributed by atoms with van der Waals surface area (Å²) in [6.07, 6.45) is 0.997. The second kappa shape index (κ2) is 5.69. The number of hydrogen-bond acceptors (Lipinski definition) is 4. The van der Waals surface area contributed by atoms with Crippen LogP contribution in [0.2, 0.25) is 0 Å². The van der Waals surface area contributed by atoms with Gasteiger partial charge in [0.1, 0.15) is 17.3 Å². The summed E-state index contributed by atoms with van der Waals surface area (Å²) in [5.41, 5.74) is 9.38. The molecule has 2 aromatic rings. The molecule has 0 spiro atoms. The molecule has 1 aromatic carbocycles. The standard InChI is InChI=1S/C15H19N3O/c1-4-9-19-13-7-5-12(6-8-13)14-15(16)18-11(3)10(2)17-14/h5-8H,4,9H2,1-3H3,(H2,16,18). The van der Waals surface area contributed by atoms with E-state index >= 15 is 0 Å². The van der Waals surface area contributed by atoms with E-state index in [0.29, 0.717) is 5.82 Å². The van der Waals surface area contributed by atoms with Gasteiger partial charge in [-0.3, -0.25) is 0 Å². The Balaban J connectivity index is 2.29. The summed E-state index contributed by atoms with van der Waals surface area (Å²) < 4.78 is 5.55. The van der Waals surface area contributed by atoms with E-state index in [1.165, 1.54) is 0 Å². The smallest absolute Gasteiger partial charge is 0.150 e. The Bertz CT molecular complexity index is 564. The third kappa shape index (κ3) is 3.02. The lowest BCUT2D eigenvalue weighted by Gasteiger charge is -2.09. The molecule has 0 fully saturated rings. The highest BCUT2D eigenvalue weighted by Crippen LogP contribution is 2.25. The van der Waals surface area contributed by atoms with E-state index in [1.54, 1.807) is 0 Å². The number of benzene rings is 1. The van der Waals surface area contributed by atoms with Gasteiger partial charge in [0, 0.05) is 5.56 Å². The molecule has 2 N–H and O–H groups in total. The molecule has 0 aliphatic rings. The number of anilines is 1. The van der Waals surface area contributed by atoms with Gasteiger partial charge in [-0.15, -0.1) is 0 Å². The molecule has 0 aliphatic carbocycles. The summed E-state index contributed by atoms with van der Waals surface area (Å²) in [7, 11) is 0. The number of ether oxygens (including phenoxy) is 1. The molecular formula is C15H19N3O. The van der Waals surface area contributed by atoms with E-state index in [-0.39, 0.29) is 0 Å². The molecule has 1 aromatic heterocycles. The topological polar surface area (TPSA) is 61.0 Å². The van der Waals surface area contributed by atoms with E-state index in [9.17, 15) is 0 Å². The van der Waals surface area contributed by atoms with Crippen molar-refractivity contribution in [2.24, 2.45) is 0 Å². The average molecular weight is 257 g/mol. The molecule has 0 radical (unpaired) electrons. The molecule has 0 atom stereocenters. The Morgan fingerprint density at radius 3 is 2.32 bits per heavy atom. The molecule has 1 heterocycles. The van der Waals surface area contributed by atoms with Gasteiger partial charge in [-0.25, -0.2) is 9.97 Å². The van der Waals surface area contributed by atoms with E-state index in [1.807, 2.05) is 38.1 Å². The van der Waals surface area contributed by atoms with Crippen LogP contribution in [0.25, 0.3) is 11.3 Å². The number of nitrogens with zero attached hydrogens (tertiary/aromatic N) is 2. The number of rotatable bonds is 4. The van der Waals surface area contributed by atoms with Gasteiger partial charge in [-0.1, -0.05) is 6.92 Å². The normalized spacial score (nSPS) is 10.5. The summed E-state index contributed by atoms with van der Waals surface area (Å²) in [4.78, 5) is 8.81. The fourth-order valence-corrected chi connectivity index (χ4v) is 1.76. The third-order valence-electron chi connectivity index (χ3n) is 2.93. The van der Waals surface area contributed by atoms with Crippen molar-refractivity contribution in [2.75, 3.05) is 12.3 Å². The van der Waals surface area contributed by atoms with Crippen molar-refractivity contribution in [2.45, 2.75) is 27.2 Å². The zero-order valence-corrected chi connectivity index (χ0v) is 11.6. The summed E-state index contributed by atoms with van der Waals surface area (Å²) in [5.74, 6) is 1.33. The highest BCUT2D eigenvalue weighted by molar-refractivity contribution is 5.70. The predicted octanol–water partition coefficient (Wildman–Crippen LogP) is 3.13. The molecule has 4 heteroatoms. The Labute approximate surface area is 113 Å². The molecule has 0 saturated heterocycles. The molecule has 0 bridgehead atoms. The van der Waals surface area contributed by atoms with Crippen LogP contribution in [0.1, 0.15) is 24.7 Å². The van der Waals surface area contributed by atoms with Gasteiger partial charge in [-0.2, -0.15) is 0 Å². The molecule has 2 rings (SSSR count). The largest absolute Gasteiger partial charge is 0.494 e. The molecule has 0 amide bonds. The Kier molecular flexibility index (Phi) is 4.00. The van der Waals surface area contributed by atoms with Crippen molar-refractivity contribution >= 4 is 5.82 Å². The van der Waals surface area contributed by atoms with Gasteiger partial charge >= 0.3 is 0 Å². The van der Waals surface area contributed by atoms with Crippen LogP contribution in [0.4, 0.5) is 5.82 Å². The minimum Gasteiger partial charge on any atom is -0.494 e. The summed E-state index contributed by atoms with van der Waals surface area (Å²) >= 11 is 0. The lowest BCUT2D eigenvalue weighted by molar-refractivity contribution is 0.317. The quantitative estimate of drug-likeness (QED) is 0.914. The molecule has 19 heavy (non-hydrogen) atoms. The van der Waals surface area contributed by atoms with Crippen LogP contribution >= 0.6 is 0 Å². The van der Waals surface area contributed by atoms with E-state index in [0.717, 1.165) is 41.4 Å². The first-order chi connectivity index (χ1) is 9.11. The van der Waals surface area contributed by atoms with Crippen molar-refractivity contribution in [1.29, 1.82) is 0 Å². The highest BCUT2D eigenvalue weighted by atomic mass is 16.5. The second-order valence-corrected chi connectivity index (χ2v) is 4.50. The van der Waals surface area contributed by atoms with Gasteiger partial charge in [0.15, 0.2) is 0 Å². The van der Waals surface area contributed by atoms with Crippen LogP contribution in [0, 0.1) is 13.8 Å². The van der Waals surface area contributed by atoms with Gasteiger partial charge in [-0.05, 0) is 44.5 Å². The Morgan fingerprint density at radius 2 is 1.68 bits per heavy atom. The number of nitrogen functional groups attached to an aromatic ring is 1. The van der Waals surface area contributed by atoms with Gasteiger partial charge in [0.25, 0.3) is 0 Å².